The Hall–Kier alpha value is -4.89. The molecule has 0 atom stereocenters. The van der Waals surface area contributed by atoms with Gasteiger partial charge in [-0.15, -0.1) is 12.4 Å². The maximum atomic E-state index is 14.0. The van der Waals surface area contributed by atoms with Gasteiger partial charge in [0.15, 0.2) is 0 Å². The van der Waals surface area contributed by atoms with Crippen molar-refractivity contribution in [2.75, 3.05) is 27.3 Å². The number of carbonyl (C=O) groups is 3. The van der Waals surface area contributed by atoms with Gasteiger partial charge in [0.05, 0.1) is 20.6 Å². The van der Waals surface area contributed by atoms with E-state index in [0.29, 0.717) is 46.7 Å². The molecule has 0 radical (unpaired) electrons. The number of aromatic nitrogens is 1. The van der Waals surface area contributed by atoms with E-state index in [9.17, 15) is 19.5 Å². The number of carboxylic acid groups (broad SMARTS) is 1. The Bertz CT molecular complexity index is 1550. The molecule has 4 rings (SSSR count). The van der Waals surface area contributed by atoms with Gasteiger partial charge in [0, 0.05) is 43.2 Å². The molecule has 0 aliphatic carbocycles. The average Bonchev–Trinajstić information content (AvgIpc) is 3.03. The number of nitrogens with zero attached hydrogens (tertiary/aromatic N) is 2. The van der Waals surface area contributed by atoms with Crippen molar-refractivity contribution in [3.8, 4) is 22.6 Å². The smallest absolute Gasteiger partial charge is 0.305 e. The molecular weight excluding hydrogens is 570 g/mol. The highest BCUT2D eigenvalue weighted by atomic mass is 35.5. The summed E-state index contributed by atoms with van der Waals surface area (Å²) in [5.74, 6) is -0.328. The lowest BCUT2D eigenvalue weighted by molar-refractivity contribution is -0.137. The highest BCUT2D eigenvalue weighted by Gasteiger charge is 2.23. The SMILES string of the molecule is COc1ccc(OC)c(CCN(CCC(=O)O)C(=O)c2ccccc2-c2ccccc2C(=O)NCc2cccnc2)c1.Cl. The second-order valence-corrected chi connectivity index (χ2v) is 9.50. The summed E-state index contributed by atoms with van der Waals surface area (Å²) < 4.78 is 10.8. The summed E-state index contributed by atoms with van der Waals surface area (Å²) in [5, 5.41) is 12.3. The minimum Gasteiger partial charge on any atom is -0.497 e. The predicted molar refractivity (Wildman–Crippen MR) is 166 cm³/mol. The quantitative estimate of drug-likeness (QED) is 0.213. The van der Waals surface area contributed by atoms with Crippen LogP contribution in [0.5, 0.6) is 11.5 Å². The first-order valence-corrected chi connectivity index (χ1v) is 13.5. The summed E-state index contributed by atoms with van der Waals surface area (Å²) in [6.45, 7) is 0.567. The summed E-state index contributed by atoms with van der Waals surface area (Å²) in [7, 11) is 3.14. The van der Waals surface area contributed by atoms with Crippen LogP contribution in [-0.4, -0.2) is 60.1 Å². The highest BCUT2D eigenvalue weighted by molar-refractivity contribution is 6.06. The zero-order chi connectivity index (χ0) is 29.9. The molecule has 2 N–H and O–H groups in total. The Kier molecular flexibility index (Phi) is 12.1. The zero-order valence-corrected chi connectivity index (χ0v) is 24.8. The first-order valence-electron chi connectivity index (χ1n) is 13.5. The zero-order valence-electron chi connectivity index (χ0n) is 24.0. The molecule has 10 heteroatoms. The monoisotopic (exact) mass is 603 g/mol. The van der Waals surface area contributed by atoms with Crippen molar-refractivity contribution >= 4 is 30.2 Å². The topological polar surface area (TPSA) is 118 Å². The van der Waals surface area contributed by atoms with Gasteiger partial charge in [-0.25, -0.2) is 0 Å². The lowest BCUT2D eigenvalue weighted by Gasteiger charge is -2.24. The molecular formula is C33H34ClN3O6. The second kappa shape index (κ2) is 15.9. The maximum Gasteiger partial charge on any atom is 0.305 e. The highest BCUT2D eigenvalue weighted by Crippen LogP contribution is 2.29. The van der Waals surface area contributed by atoms with Crippen molar-refractivity contribution < 1.29 is 29.0 Å². The van der Waals surface area contributed by atoms with Gasteiger partial charge < -0.3 is 24.8 Å². The third-order valence-corrected chi connectivity index (χ3v) is 6.82. The third kappa shape index (κ3) is 8.56. The number of ether oxygens (including phenoxy) is 2. The van der Waals surface area contributed by atoms with Gasteiger partial charge in [0.25, 0.3) is 11.8 Å². The Morgan fingerprint density at radius 1 is 0.860 bits per heavy atom. The Morgan fingerprint density at radius 3 is 2.21 bits per heavy atom. The second-order valence-electron chi connectivity index (χ2n) is 9.50. The van der Waals surface area contributed by atoms with E-state index in [1.807, 2.05) is 18.2 Å². The van der Waals surface area contributed by atoms with Crippen LogP contribution < -0.4 is 14.8 Å². The van der Waals surface area contributed by atoms with Gasteiger partial charge in [-0.2, -0.15) is 0 Å². The molecule has 0 saturated carbocycles. The van der Waals surface area contributed by atoms with Gasteiger partial charge in [0.2, 0.25) is 0 Å². The number of hydrogen-bond acceptors (Lipinski definition) is 6. The van der Waals surface area contributed by atoms with E-state index in [2.05, 4.69) is 10.3 Å². The van der Waals surface area contributed by atoms with Gasteiger partial charge in [-0.1, -0.05) is 42.5 Å². The van der Waals surface area contributed by atoms with E-state index in [4.69, 9.17) is 9.47 Å². The molecule has 1 heterocycles. The normalized spacial score (nSPS) is 10.3. The lowest BCUT2D eigenvalue weighted by atomic mass is 9.94. The van der Waals surface area contributed by atoms with Crippen molar-refractivity contribution in [3.63, 3.8) is 0 Å². The van der Waals surface area contributed by atoms with Crippen molar-refractivity contribution in [2.45, 2.75) is 19.4 Å². The van der Waals surface area contributed by atoms with Crippen LogP contribution in [0.1, 0.15) is 38.3 Å². The Balaban J connectivity index is 0.00000506. The molecule has 9 nitrogen and oxygen atoms in total. The van der Waals surface area contributed by atoms with Crippen LogP contribution in [0.2, 0.25) is 0 Å². The number of nitrogens with one attached hydrogen (secondary N) is 1. The largest absolute Gasteiger partial charge is 0.497 e. The number of carbonyl (C=O) groups excluding carboxylic acids is 2. The van der Waals surface area contributed by atoms with E-state index in [1.165, 1.54) is 4.90 Å². The summed E-state index contributed by atoms with van der Waals surface area (Å²) in [4.78, 5) is 44.4. The molecule has 4 aromatic rings. The van der Waals surface area contributed by atoms with E-state index < -0.39 is 5.97 Å². The number of benzene rings is 3. The Labute approximate surface area is 256 Å². The summed E-state index contributed by atoms with van der Waals surface area (Å²) in [6, 6.07) is 23.2. The molecule has 0 aliphatic rings. The number of pyridine rings is 1. The van der Waals surface area contributed by atoms with Crippen LogP contribution in [-0.2, 0) is 17.8 Å². The number of rotatable bonds is 13. The fraction of sp³-hybridized carbons (Fsp3) is 0.212. The lowest BCUT2D eigenvalue weighted by Crippen LogP contribution is -2.35. The fourth-order valence-electron chi connectivity index (χ4n) is 4.65. The minimum atomic E-state index is -1.00. The predicted octanol–water partition coefficient (Wildman–Crippen LogP) is 5.28. The minimum absolute atomic E-state index is 0. The van der Waals surface area contributed by atoms with Gasteiger partial charge in [-0.05, 0) is 65.1 Å². The van der Waals surface area contributed by atoms with Gasteiger partial charge >= 0.3 is 5.97 Å². The number of methoxy groups -OCH3 is 2. The Morgan fingerprint density at radius 2 is 1.56 bits per heavy atom. The van der Waals surface area contributed by atoms with Crippen LogP contribution in [0.15, 0.2) is 91.3 Å². The molecule has 0 saturated heterocycles. The number of halogens is 1. The van der Waals surface area contributed by atoms with Gasteiger partial charge in [0.1, 0.15) is 11.5 Å². The first-order chi connectivity index (χ1) is 20.4. The number of amides is 2. The molecule has 0 aliphatic heterocycles. The van der Waals surface area contributed by atoms with E-state index in [-0.39, 0.29) is 43.7 Å². The van der Waals surface area contributed by atoms with Crippen molar-refractivity contribution in [1.29, 1.82) is 0 Å². The van der Waals surface area contributed by atoms with Crippen molar-refractivity contribution in [2.24, 2.45) is 0 Å². The van der Waals surface area contributed by atoms with Crippen LogP contribution >= 0.6 is 12.4 Å². The fourth-order valence-corrected chi connectivity index (χ4v) is 4.65. The standard InChI is InChI=1S/C33H33N3O6.ClH/c1-41-25-13-14-30(42-2)24(20-25)15-18-36(19-16-31(37)38)33(40)29-12-6-4-10-27(29)26-9-3-5-11-28(26)32(39)35-22-23-8-7-17-34-21-23;/h3-14,17,20-21H,15-16,18-19,22H2,1-2H3,(H,35,39)(H,37,38);1H. The molecule has 43 heavy (non-hydrogen) atoms. The first kappa shape index (κ1) is 32.6. The molecule has 2 amide bonds. The van der Waals surface area contributed by atoms with Crippen LogP contribution in [0.4, 0.5) is 0 Å². The van der Waals surface area contributed by atoms with Crippen LogP contribution in [0, 0.1) is 0 Å². The van der Waals surface area contributed by atoms with E-state index >= 15 is 0 Å². The summed E-state index contributed by atoms with van der Waals surface area (Å²) >= 11 is 0. The number of carboxylic acids is 1. The van der Waals surface area contributed by atoms with E-state index in [0.717, 1.165) is 11.1 Å². The molecule has 1 aromatic heterocycles. The molecule has 3 aromatic carbocycles. The van der Waals surface area contributed by atoms with Crippen molar-refractivity contribution in [3.05, 3.63) is 114 Å². The molecule has 0 fully saturated rings. The molecule has 224 valence electrons. The third-order valence-electron chi connectivity index (χ3n) is 6.82. The van der Waals surface area contributed by atoms with E-state index in [1.54, 1.807) is 87.3 Å². The van der Waals surface area contributed by atoms with Gasteiger partial charge in [-0.3, -0.25) is 19.4 Å². The van der Waals surface area contributed by atoms with Crippen molar-refractivity contribution in [1.82, 2.24) is 15.2 Å². The number of aliphatic carboxylic acids is 1. The molecule has 0 bridgehead atoms. The van der Waals surface area contributed by atoms with Crippen LogP contribution in [0.3, 0.4) is 0 Å². The average molecular weight is 604 g/mol. The molecule has 0 unspecified atom stereocenters. The number of hydrogen-bond donors (Lipinski definition) is 2. The maximum absolute atomic E-state index is 14.0. The summed E-state index contributed by atoms with van der Waals surface area (Å²) in [6.07, 6.45) is 3.56. The van der Waals surface area contributed by atoms with Crippen LogP contribution in [0.25, 0.3) is 11.1 Å². The summed E-state index contributed by atoms with van der Waals surface area (Å²) in [5.41, 5.74) is 3.65. The molecule has 0 spiro atoms.